The highest BCUT2D eigenvalue weighted by Crippen LogP contribution is 2.30. The van der Waals surface area contributed by atoms with Gasteiger partial charge in [-0.25, -0.2) is 0 Å². The number of hydrogen-bond donors (Lipinski definition) is 2. The van der Waals surface area contributed by atoms with Crippen LogP contribution < -0.4 is 5.73 Å². The molecule has 124 valence electrons. The lowest BCUT2D eigenvalue weighted by atomic mass is 10.0. The van der Waals surface area contributed by atoms with E-state index in [1.807, 2.05) is 56.3 Å². The van der Waals surface area contributed by atoms with Gasteiger partial charge in [-0.15, -0.1) is 0 Å². The smallest absolute Gasteiger partial charge is 0.163 e. The molecule has 5 nitrogen and oxygen atoms in total. The zero-order valence-electron chi connectivity index (χ0n) is 14.2. The molecule has 2 rings (SSSR count). The van der Waals surface area contributed by atoms with Crippen molar-refractivity contribution in [1.29, 1.82) is 0 Å². The van der Waals surface area contributed by atoms with Crippen molar-refractivity contribution in [3.05, 3.63) is 41.7 Å². The highest BCUT2D eigenvalue weighted by atomic mass is 16.3. The standard InChI is InChI=1S/C18H25N3O2/c1-5-14(19)18(12(2)22)16-10-13-8-6-7-9-15(13)21(16)17(23)11-20(3)4/h6-10,17,23H,5,11,19H2,1-4H3. The number of rotatable bonds is 6. The summed E-state index contributed by atoms with van der Waals surface area (Å²) in [6, 6.07) is 9.70. The molecule has 1 heterocycles. The largest absolute Gasteiger partial charge is 0.401 e. The minimum atomic E-state index is -0.765. The van der Waals surface area contributed by atoms with Crippen molar-refractivity contribution in [3.8, 4) is 0 Å². The van der Waals surface area contributed by atoms with Crippen LogP contribution in [0.4, 0.5) is 0 Å². The van der Waals surface area contributed by atoms with Crippen LogP contribution in [0.3, 0.4) is 0 Å². The molecule has 1 aromatic carbocycles. The van der Waals surface area contributed by atoms with Gasteiger partial charge in [0.1, 0.15) is 6.23 Å². The Hall–Kier alpha value is -2.11. The number of aliphatic hydroxyl groups is 1. The topological polar surface area (TPSA) is 71.5 Å². The van der Waals surface area contributed by atoms with Gasteiger partial charge in [0.2, 0.25) is 0 Å². The van der Waals surface area contributed by atoms with Crippen LogP contribution in [0, 0.1) is 0 Å². The summed E-state index contributed by atoms with van der Waals surface area (Å²) in [5.74, 6) is -0.0922. The van der Waals surface area contributed by atoms with Gasteiger partial charge in [-0.2, -0.15) is 0 Å². The maximum absolute atomic E-state index is 12.2. The molecule has 0 spiro atoms. The van der Waals surface area contributed by atoms with Crippen molar-refractivity contribution in [2.24, 2.45) is 5.73 Å². The number of nitrogens with zero attached hydrogens (tertiary/aromatic N) is 2. The zero-order valence-corrected chi connectivity index (χ0v) is 14.2. The molecule has 0 amide bonds. The van der Waals surface area contributed by atoms with E-state index < -0.39 is 6.23 Å². The van der Waals surface area contributed by atoms with Crippen molar-refractivity contribution in [2.75, 3.05) is 20.6 Å². The van der Waals surface area contributed by atoms with Gasteiger partial charge in [-0.05, 0) is 39.6 Å². The number of carbonyl (C=O) groups excluding carboxylic acids is 1. The van der Waals surface area contributed by atoms with E-state index in [9.17, 15) is 9.90 Å². The number of aliphatic hydroxyl groups excluding tert-OH is 1. The summed E-state index contributed by atoms with van der Waals surface area (Å²) in [6.45, 7) is 3.88. The first-order valence-electron chi connectivity index (χ1n) is 7.79. The molecule has 0 saturated carbocycles. The molecule has 0 saturated heterocycles. The molecule has 0 aliphatic heterocycles. The fourth-order valence-corrected chi connectivity index (χ4v) is 2.85. The molecule has 5 heteroatoms. The minimum Gasteiger partial charge on any atom is -0.401 e. The first kappa shape index (κ1) is 17.2. The lowest BCUT2D eigenvalue weighted by Crippen LogP contribution is -2.26. The number of fused-ring (bicyclic) bond motifs is 1. The average molecular weight is 315 g/mol. The predicted molar refractivity (Wildman–Crippen MR) is 93.8 cm³/mol. The Kier molecular flexibility index (Phi) is 5.23. The van der Waals surface area contributed by atoms with Gasteiger partial charge < -0.3 is 20.3 Å². The maximum Gasteiger partial charge on any atom is 0.163 e. The molecule has 1 atom stereocenters. The van der Waals surface area contributed by atoms with E-state index in [4.69, 9.17) is 5.73 Å². The summed E-state index contributed by atoms with van der Waals surface area (Å²) in [5.41, 5.74) is 8.69. The second-order valence-corrected chi connectivity index (χ2v) is 6.01. The van der Waals surface area contributed by atoms with Gasteiger partial charge in [0.05, 0.1) is 16.8 Å². The second kappa shape index (κ2) is 6.98. The number of Topliss-reactive ketones (excluding diaryl/α,β-unsaturated/α-hetero) is 1. The molecule has 1 unspecified atom stereocenters. The summed E-state index contributed by atoms with van der Waals surface area (Å²) in [6.07, 6.45) is -0.181. The van der Waals surface area contributed by atoms with Crippen LogP contribution in [0.2, 0.25) is 0 Å². The Morgan fingerprint density at radius 3 is 2.57 bits per heavy atom. The van der Waals surface area contributed by atoms with Crippen LogP contribution in [0.1, 0.15) is 32.2 Å². The average Bonchev–Trinajstić information content (AvgIpc) is 2.84. The maximum atomic E-state index is 12.2. The molecule has 0 fully saturated rings. The third kappa shape index (κ3) is 3.46. The van der Waals surface area contributed by atoms with E-state index in [1.165, 1.54) is 6.92 Å². The first-order valence-corrected chi connectivity index (χ1v) is 7.79. The molecule has 1 aromatic heterocycles. The number of carbonyl (C=O) groups is 1. The van der Waals surface area contributed by atoms with Crippen LogP contribution in [0.25, 0.3) is 16.5 Å². The van der Waals surface area contributed by atoms with Gasteiger partial charge in [0.25, 0.3) is 0 Å². The summed E-state index contributed by atoms with van der Waals surface area (Å²) in [4.78, 5) is 14.1. The van der Waals surface area contributed by atoms with Crippen LogP contribution >= 0.6 is 0 Å². The number of likely N-dealkylation sites (N-methyl/N-ethyl adjacent to an activating group) is 1. The number of allylic oxidation sites excluding steroid dienone is 2. The number of benzene rings is 1. The van der Waals surface area contributed by atoms with Crippen molar-refractivity contribution in [3.63, 3.8) is 0 Å². The monoisotopic (exact) mass is 315 g/mol. The molecule has 3 N–H and O–H groups in total. The Bertz CT molecular complexity index is 744. The van der Waals surface area contributed by atoms with Crippen molar-refractivity contribution < 1.29 is 9.90 Å². The van der Waals surface area contributed by atoms with Crippen molar-refractivity contribution in [2.45, 2.75) is 26.5 Å². The molecular weight excluding hydrogens is 290 g/mol. The molecule has 0 bridgehead atoms. The van der Waals surface area contributed by atoms with E-state index in [-0.39, 0.29) is 5.78 Å². The Morgan fingerprint density at radius 2 is 2.00 bits per heavy atom. The van der Waals surface area contributed by atoms with Crippen LogP contribution in [0.15, 0.2) is 36.0 Å². The summed E-state index contributed by atoms with van der Waals surface area (Å²) >= 11 is 0. The van der Waals surface area contributed by atoms with Gasteiger partial charge in [-0.1, -0.05) is 25.1 Å². The normalized spacial score (nSPS) is 14.2. The van der Waals surface area contributed by atoms with Gasteiger partial charge in [-0.3, -0.25) is 4.79 Å². The number of hydrogen-bond acceptors (Lipinski definition) is 4. The fourth-order valence-electron chi connectivity index (χ4n) is 2.85. The predicted octanol–water partition coefficient (Wildman–Crippen LogP) is 2.36. The summed E-state index contributed by atoms with van der Waals surface area (Å²) in [5, 5.41) is 11.7. The van der Waals surface area contributed by atoms with Gasteiger partial charge >= 0.3 is 0 Å². The number of para-hydroxylation sites is 1. The third-order valence-corrected chi connectivity index (χ3v) is 3.88. The molecular formula is C18H25N3O2. The second-order valence-electron chi connectivity index (χ2n) is 6.01. The van der Waals surface area contributed by atoms with Gasteiger partial charge in [0, 0.05) is 17.6 Å². The number of nitrogens with two attached hydrogens (primary N) is 1. The Balaban J connectivity index is 2.74. The molecule has 0 radical (unpaired) electrons. The lowest BCUT2D eigenvalue weighted by molar-refractivity contribution is -0.111. The van der Waals surface area contributed by atoms with E-state index in [0.717, 1.165) is 10.9 Å². The van der Waals surface area contributed by atoms with E-state index >= 15 is 0 Å². The van der Waals surface area contributed by atoms with Crippen LogP contribution in [-0.2, 0) is 4.79 Å². The van der Waals surface area contributed by atoms with Crippen LogP contribution in [-0.4, -0.2) is 41.0 Å². The van der Waals surface area contributed by atoms with Crippen molar-refractivity contribution >= 4 is 22.3 Å². The van der Waals surface area contributed by atoms with Gasteiger partial charge in [0.15, 0.2) is 5.78 Å². The lowest BCUT2D eigenvalue weighted by Gasteiger charge is -2.22. The number of aromatic nitrogens is 1. The van der Waals surface area contributed by atoms with E-state index in [0.29, 0.717) is 29.9 Å². The zero-order chi connectivity index (χ0) is 17.1. The Labute approximate surface area is 137 Å². The minimum absolute atomic E-state index is 0.0922. The third-order valence-electron chi connectivity index (χ3n) is 3.88. The van der Waals surface area contributed by atoms with Crippen molar-refractivity contribution in [1.82, 2.24) is 9.47 Å². The van der Waals surface area contributed by atoms with Crippen LogP contribution in [0.5, 0.6) is 0 Å². The molecule has 0 aliphatic carbocycles. The quantitative estimate of drug-likeness (QED) is 0.803. The van der Waals surface area contributed by atoms with E-state index in [2.05, 4.69) is 0 Å². The molecule has 2 aromatic rings. The first-order chi connectivity index (χ1) is 10.9. The summed E-state index contributed by atoms with van der Waals surface area (Å²) in [7, 11) is 3.80. The highest BCUT2D eigenvalue weighted by Gasteiger charge is 2.22. The van der Waals surface area contributed by atoms with E-state index in [1.54, 1.807) is 4.57 Å². The highest BCUT2D eigenvalue weighted by molar-refractivity contribution is 6.20. The molecule has 0 aliphatic rings. The molecule has 23 heavy (non-hydrogen) atoms. The Morgan fingerprint density at radius 1 is 1.35 bits per heavy atom. The number of ketones is 1. The summed E-state index contributed by atoms with van der Waals surface area (Å²) < 4.78 is 1.80. The SMILES string of the molecule is CCC(N)=C(C(C)=O)c1cc2ccccc2n1C(O)CN(C)C. The fraction of sp³-hybridized carbons (Fsp3) is 0.389.